The summed E-state index contributed by atoms with van der Waals surface area (Å²) >= 11 is 0. The van der Waals surface area contributed by atoms with E-state index in [0.29, 0.717) is 6.04 Å². The highest BCUT2D eigenvalue weighted by Crippen LogP contribution is 2.12. The minimum atomic E-state index is -1.23. The average Bonchev–Trinajstić information content (AvgIpc) is 2.32. The van der Waals surface area contributed by atoms with E-state index in [2.05, 4.69) is 11.5 Å². The molecule has 0 bridgehead atoms. The number of amidine groups is 1. The summed E-state index contributed by atoms with van der Waals surface area (Å²) in [7, 11) is 1.99. The first-order valence-electron chi connectivity index (χ1n) is 4.66. The number of carboxylic acid groups (broad SMARTS) is 1. The second kappa shape index (κ2) is 3.86. The van der Waals surface area contributed by atoms with E-state index in [1.54, 1.807) is 6.92 Å². The van der Waals surface area contributed by atoms with Crippen LogP contribution in [0.5, 0.6) is 0 Å². The maximum Gasteiger partial charge on any atom is 0.509 e. The van der Waals surface area contributed by atoms with Crippen molar-refractivity contribution in [1.82, 2.24) is 4.90 Å². The van der Waals surface area contributed by atoms with Crippen molar-refractivity contribution >= 4 is 12.0 Å². The van der Waals surface area contributed by atoms with Crippen LogP contribution in [0.25, 0.3) is 0 Å². The summed E-state index contributed by atoms with van der Waals surface area (Å²) < 4.78 is 6.81. The molecule has 5 nitrogen and oxygen atoms in total. The fraction of sp³-hybridized carbons (Fsp3) is 0.778. The molecule has 0 spiro atoms. The lowest BCUT2D eigenvalue weighted by Gasteiger charge is -2.17. The lowest BCUT2D eigenvalue weighted by molar-refractivity contribution is -0.523. The van der Waals surface area contributed by atoms with Gasteiger partial charge in [-0.05, 0) is 6.92 Å². The Hall–Kier alpha value is -1.26. The van der Waals surface area contributed by atoms with Gasteiger partial charge in [0.2, 0.25) is 12.1 Å². The number of hydrogen-bond acceptors (Lipinski definition) is 3. The predicted octanol–water partition coefficient (Wildman–Crippen LogP) is 0.792. The van der Waals surface area contributed by atoms with Gasteiger partial charge in [0.1, 0.15) is 12.6 Å². The van der Waals surface area contributed by atoms with Crippen molar-refractivity contribution in [2.75, 3.05) is 13.6 Å². The molecule has 0 aromatic heterocycles. The van der Waals surface area contributed by atoms with Crippen LogP contribution in [0.2, 0.25) is 0 Å². The lowest BCUT2D eigenvalue weighted by atomic mass is 10.3. The van der Waals surface area contributed by atoms with Crippen molar-refractivity contribution in [2.45, 2.75) is 33.0 Å². The molecule has 1 aliphatic rings. The minimum absolute atomic E-state index is 0.398. The van der Waals surface area contributed by atoms with E-state index in [-0.39, 0.29) is 0 Å². The molecule has 0 saturated heterocycles. The molecule has 2 unspecified atom stereocenters. The standard InChI is InChI=1S/C9H16N2O3/c1-6-5-11(7(2)10(6)4)8(3)14-9(12)13/h6,8H,5H2,1-4H3/p+1. The van der Waals surface area contributed by atoms with Gasteiger partial charge in [0.05, 0.1) is 7.05 Å². The summed E-state index contributed by atoms with van der Waals surface area (Å²) in [4.78, 5) is 12.3. The monoisotopic (exact) mass is 201 g/mol. The van der Waals surface area contributed by atoms with Crippen molar-refractivity contribution in [3.63, 3.8) is 0 Å². The zero-order valence-corrected chi connectivity index (χ0v) is 9.02. The van der Waals surface area contributed by atoms with Crippen molar-refractivity contribution in [3.8, 4) is 0 Å². The molecule has 1 aliphatic heterocycles. The molecule has 1 N–H and O–H groups in total. The predicted molar refractivity (Wildman–Crippen MR) is 51.6 cm³/mol. The first kappa shape index (κ1) is 10.8. The minimum Gasteiger partial charge on any atom is -0.450 e. The number of rotatable bonds is 2. The Bertz CT molecular complexity index is 275. The average molecular weight is 201 g/mol. The fourth-order valence-electron chi connectivity index (χ4n) is 1.68. The van der Waals surface area contributed by atoms with Gasteiger partial charge in [-0.25, -0.2) is 9.69 Å². The summed E-state index contributed by atoms with van der Waals surface area (Å²) in [6.45, 7) is 6.60. The molecular weight excluding hydrogens is 184 g/mol. The SMILES string of the molecule is CC1=[N+](C)C(C)CN1C(C)OC(=O)O. The van der Waals surface area contributed by atoms with Crippen LogP contribution in [0.15, 0.2) is 0 Å². The largest absolute Gasteiger partial charge is 0.509 e. The topological polar surface area (TPSA) is 52.8 Å². The maximum atomic E-state index is 10.4. The van der Waals surface area contributed by atoms with E-state index >= 15 is 0 Å². The molecule has 14 heavy (non-hydrogen) atoms. The smallest absolute Gasteiger partial charge is 0.450 e. The van der Waals surface area contributed by atoms with Crippen molar-refractivity contribution < 1.29 is 19.2 Å². The molecule has 2 atom stereocenters. The third kappa shape index (κ3) is 1.97. The van der Waals surface area contributed by atoms with Gasteiger partial charge in [0.15, 0.2) is 0 Å². The van der Waals surface area contributed by atoms with Gasteiger partial charge >= 0.3 is 6.16 Å². The van der Waals surface area contributed by atoms with Crippen molar-refractivity contribution in [3.05, 3.63) is 0 Å². The Morgan fingerprint density at radius 1 is 1.79 bits per heavy atom. The van der Waals surface area contributed by atoms with Gasteiger partial charge in [-0.1, -0.05) is 0 Å². The van der Waals surface area contributed by atoms with Crippen LogP contribution in [0.4, 0.5) is 4.79 Å². The second-order valence-electron chi connectivity index (χ2n) is 3.64. The van der Waals surface area contributed by atoms with Crippen LogP contribution in [-0.2, 0) is 4.74 Å². The Morgan fingerprint density at radius 2 is 2.36 bits per heavy atom. The summed E-state index contributed by atoms with van der Waals surface area (Å²) in [5.41, 5.74) is 0. The molecule has 0 fully saturated rings. The molecular formula is C9H17N2O3+. The van der Waals surface area contributed by atoms with Gasteiger partial charge in [-0.15, -0.1) is 0 Å². The van der Waals surface area contributed by atoms with Crippen LogP contribution < -0.4 is 0 Å². The second-order valence-corrected chi connectivity index (χ2v) is 3.64. The van der Waals surface area contributed by atoms with Crippen molar-refractivity contribution in [1.29, 1.82) is 0 Å². The zero-order chi connectivity index (χ0) is 10.9. The Morgan fingerprint density at radius 3 is 2.71 bits per heavy atom. The summed E-state index contributed by atoms with van der Waals surface area (Å²) in [6.07, 6.45) is -1.65. The van der Waals surface area contributed by atoms with Crippen LogP contribution in [0, 0.1) is 0 Å². The van der Waals surface area contributed by atoms with Gasteiger partial charge < -0.3 is 9.84 Å². The quantitative estimate of drug-likeness (QED) is 0.530. The number of likely N-dealkylation sites (N-methyl/N-ethyl adjacent to an activating group) is 1. The van der Waals surface area contributed by atoms with E-state index < -0.39 is 12.4 Å². The normalized spacial score (nSPS) is 24.0. The highest BCUT2D eigenvalue weighted by Gasteiger charge is 2.35. The van der Waals surface area contributed by atoms with E-state index in [9.17, 15) is 4.79 Å². The summed E-state index contributed by atoms with van der Waals surface area (Å²) in [5.74, 6) is 1.05. The van der Waals surface area contributed by atoms with Gasteiger partial charge in [0.25, 0.3) is 0 Å². The third-order valence-electron chi connectivity index (χ3n) is 2.76. The number of hydrogen-bond donors (Lipinski definition) is 1. The Labute approximate surface area is 83.6 Å². The molecule has 0 saturated carbocycles. The Balaban J connectivity index is 2.68. The molecule has 0 aromatic rings. The molecule has 0 aromatic carbocycles. The molecule has 0 radical (unpaired) electrons. The van der Waals surface area contributed by atoms with Crippen LogP contribution in [0.3, 0.4) is 0 Å². The summed E-state index contributed by atoms with van der Waals surface area (Å²) in [6, 6.07) is 0.398. The summed E-state index contributed by atoms with van der Waals surface area (Å²) in [5, 5.41) is 8.49. The number of nitrogens with zero attached hydrogens (tertiary/aromatic N) is 2. The number of carbonyl (C=O) groups is 1. The fourth-order valence-corrected chi connectivity index (χ4v) is 1.68. The Kier molecular flexibility index (Phi) is 2.98. The van der Waals surface area contributed by atoms with E-state index in [4.69, 9.17) is 9.84 Å². The zero-order valence-electron chi connectivity index (χ0n) is 9.02. The van der Waals surface area contributed by atoms with E-state index in [0.717, 1.165) is 12.4 Å². The van der Waals surface area contributed by atoms with E-state index in [1.165, 1.54) is 0 Å². The highest BCUT2D eigenvalue weighted by molar-refractivity contribution is 5.76. The lowest BCUT2D eigenvalue weighted by Crippen LogP contribution is -2.38. The maximum absolute atomic E-state index is 10.4. The van der Waals surface area contributed by atoms with E-state index in [1.807, 2.05) is 18.9 Å². The van der Waals surface area contributed by atoms with Crippen LogP contribution >= 0.6 is 0 Å². The number of ether oxygens (including phenoxy) is 1. The van der Waals surface area contributed by atoms with Crippen molar-refractivity contribution in [2.24, 2.45) is 0 Å². The molecule has 5 heteroatoms. The first-order valence-corrected chi connectivity index (χ1v) is 4.66. The molecule has 0 aliphatic carbocycles. The van der Waals surface area contributed by atoms with Crippen LogP contribution in [0.1, 0.15) is 20.8 Å². The third-order valence-corrected chi connectivity index (χ3v) is 2.76. The first-order chi connectivity index (χ1) is 6.43. The van der Waals surface area contributed by atoms with Gasteiger partial charge in [-0.2, -0.15) is 0 Å². The highest BCUT2D eigenvalue weighted by atomic mass is 16.7. The molecule has 1 heterocycles. The van der Waals surface area contributed by atoms with Crippen LogP contribution in [-0.4, -0.2) is 52.4 Å². The molecule has 1 rings (SSSR count). The molecule has 0 amide bonds. The molecule has 80 valence electrons. The van der Waals surface area contributed by atoms with Gasteiger partial charge in [-0.3, -0.25) is 4.58 Å². The van der Waals surface area contributed by atoms with Gasteiger partial charge in [0, 0.05) is 13.8 Å².